The van der Waals surface area contributed by atoms with Gasteiger partial charge in [0, 0.05) is 57.9 Å². The van der Waals surface area contributed by atoms with E-state index >= 15 is 0 Å². The van der Waals surface area contributed by atoms with Crippen LogP contribution in [0.15, 0.2) is 30.5 Å². The Morgan fingerprint density at radius 2 is 1.78 bits per heavy atom. The van der Waals surface area contributed by atoms with E-state index in [1.807, 2.05) is 44.2 Å². The number of aromatic nitrogens is 2. The smallest absolute Gasteiger partial charge is 0.272 e. The number of halogens is 1. The average molecular weight is 527 g/mol. The third kappa shape index (κ3) is 8.64. The predicted octanol–water partition coefficient (Wildman–Crippen LogP) is 3.59. The van der Waals surface area contributed by atoms with Crippen molar-refractivity contribution >= 4 is 23.3 Å². The fourth-order valence-electron chi connectivity index (χ4n) is 4.33. The van der Waals surface area contributed by atoms with Crippen LogP contribution in [0.25, 0.3) is 0 Å². The van der Waals surface area contributed by atoms with Crippen molar-refractivity contribution in [2.75, 3.05) is 64.3 Å². The van der Waals surface area contributed by atoms with Gasteiger partial charge in [0.2, 0.25) is 5.82 Å². The standard InChI is InChI=1S/C27H39ClN8O/c1-5-33(6-2)11-12-34-13-15-35(16-14-34)20-22-7-9-23(10-8-22)27(37)36(19-21(3)4)32-26-24(28)18-30-25(17-29)31-26/h7-10,18,21H,5-6,11-16,19-20H2,1-4H3,(H,30,31,32). The van der Waals surface area contributed by atoms with Crippen molar-refractivity contribution in [3.63, 3.8) is 0 Å². The van der Waals surface area contributed by atoms with Gasteiger partial charge in [-0.1, -0.05) is 51.4 Å². The van der Waals surface area contributed by atoms with Crippen molar-refractivity contribution in [3.8, 4) is 6.07 Å². The number of nitrogens with zero attached hydrogens (tertiary/aromatic N) is 7. The molecule has 37 heavy (non-hydrogen) atoms. The second kappa shape index (κ2) is 14.2. The van der Waals surface area contributed by atoms with Gasteiger partial charge >= 0.3 is 0 Å². The molecule has 1 fully saturated rings. The Labute approximate surface area is 226 Å². The molecule has 1 aromatic heterocycles. The summed E-state index contributed by atoms with van der Waals surface area (Å²) in [4.78, 5) is 28.8. The van der Waals surface area contributed by atoms with E-state index in [0.29, 0.717) is 12.1 Å². The number of anilines is 1. The van der Waals surface area contributed by atoms with Gasteiger partial charge in [-0.25, -0.2) is 4.98 Å². The predicted molar refractivity (Wildman–Crippen MR) is 147 cm³/mol. The number of carbonyl (C=O) groups excluding carboxylic acids is 1. The number of piperazine rings is 1. The van der Waals surface area contributed by atoms with Gasteiger partial charge in [0.1, 0.15) is 11.1 Å². The first-order chi connectivity index (χ1) is 17.8. The van der Waals surface area contributed by atoms with Crippen LogP contribution in [-0.4, -0.2) is 94.5 Å². The third-order valence-corrected chi connectivity index (χ3v) is 6.85. The molecule has 0 saturated carbocycles. The molecule has 1 N–H and O–H groups in total. The second-order valence-corrected chi connectivity index (χ2v) is 10.2. The number of hydrogen-bond donors (Lipinski definition) is 1. The Morgan fingerprint density at radius 1 is 1.14 bits per heavy atom. The Kier molecular flexibility index (Phi) is 11.1. The summed E-state index contributed by atoms with van der Waals surface area (Å²) in [6.45, 7) is 18.6. The molecule has 0 bridgehead atoms. The lowest BCUT2D eigenvalue weighted by molar-refractivity contribution is 0.0776. The number of nitrogens with one attached hydrogen (secondary N) is 1. The summed E-state index contributed by atoms with van der Waals surface area (Å²) < 4.78 is 0. The maximum atomic E-state index is 13.3. The highest BCUT2D eigenvalue weighted by molar-refractivity contribution is 6.32. The van der Waals surface area contributed by atoms with Crippen LogP contribution in [0.3, 0.4) is 0 Å². The molecule has 2 aromatic rings. The number of rotatable bonds is 12. The molecule has 3 rings (SSSR count). The SMILES string of the molecule is CCN(CC)CCN1CCN(Cc2ccc(C(=O)N(CC(C)C)Nc3nc(C#N)ncc3Cl)cc2)CC1. The highest BCUT2D eigenvalue weighted by Crippen LogP contribution is 2.20. The summed E-state index contributed by atoms with van der Waals surface area (Å²) in [5.74, 6) is 0.237. The van der Waals surface area contributed by atoms with Crippen molar-refractivity contribution in [2.24, 2.45) is 5.92 Å². The van der Waals surface area contributed by atoms with Crippen molar-refractivity contribution in [1.29, 1.82) is 5.26 Å². The van der Waals surface area contributed by atoms with E-state index in [-0.39, 0.29) is 28.5 Å². The van der Waals surface area contributed by atoms with Crippen LogP contribution in [-0.2, 0) is 6.54 Å². The highest BCUT2D eigenvalue weighted by Gasteiger charge is 2.21. The van der Waals surface area contributed by atoms with E-state index in [4.69, 9.17) is 16.9 Å². The Morgan fingerprint density at radius 3 is 2.38 bits per heavy atom. The van der Waals surface area contributed by atoms with Crippen LogP contribution < -0.4 is 5.43 Å². The average Bonchev–Trinajstić information content (AvgIpc) is 2.90. The lowest BCUT2D eigenvalue weighted by Crippen LogP contribution is -2.48. The summed E-state index contributed by atoms with van der Waals surface area (Å²) in [6, 6.07) is 9.69. The molecular formula is C27H39ClN8O. The first kappa shape index (κ1) is 28.8. The van der Waals surface area contributed by atoms with Gasteiger partial charge in [-0.2, -0.15) is 10.2 Å². The van der Waals surface area contributed by atoms with E-state index in [2.05, 4.69) is 43.9 Å². The molecule has 0 atom stereocenters. The summed E-state index contributed by atoms with van der Waals surface area (Å²) in [6.07, 6.45) is 1.35. The number of hydrazine groups is 1. The van der Waals surface area contributed by atoms with Crippen LogP contribution >= 0.6 is 11.6 Å². The summed E-state index contributed by atoms with van der Waals surface area (Å²) in [5, 5.41) is 10.8. The first-order valence-corrected chi connectivity index (χ1v) is 13.5. The summed E-state index contributed by atoms with van der Waals surface area (Å²) in [7, 11) is 0. The fourth-order valence-corrected chi connectivity index (χ4v) is 4.47. The first-order valence-electron chi connectivity index (χ1n) is 13.1. The van der Waals surface area contributed by atoms with Gasteiger partial charge in [-0.15, -0.1) is 0 Å². The molecular weight excluding hydrogens is 488 g/mol. The summed E-state index contributed by atoms with van der Waals surface area (Å²) in [5.41, 5.74) is 4.76. The molecule has 1 aliphatic rings. The van der Waals surface area contributed by atoms with Gasteiger partial charge < -0.3 is 4.90 Å². The van der Waals surface area contributed by atoms with Crippen molar-refractivity contribution in [1.82, 2.24) is 29.7 Å². The lowest BCUT2D eigenvalue weighted by Gasteiger charge is -2.35. The van der Waals surface area contributed by atoms with Crippen LogP contribution in [0.5, 0.6) is 0 Å². The number of likely N-dealkylation sites (N-methyl/N-ethyl adjacent to an activating group) is 1. The number of hydrogen-bond acceptors (Lipinski definition) is 8. The van der Waals surface area contributed by atoms with Crippen LogP contribution in [0.4, 0.5) is 5.82 Å². The Bertz CT molecular complexity index is 1040. The maximum absolute atomic E-state index is 13.3. The van der Waals surface area contributed by atoms with Gasteiger partial charge in [0.05, 0.1) is 6.20 Å². The minimum atomic E-state index is -0.185. The number of amides is 1. The van der Waals surface area contributed by atoms with Crippen LogP contribution in [0.2, 0.25) is 5.02 Å². The Hall–Kier alpha value is -2.77. The van der Waals surface area contributed by atoms with E-state index in [0.717, 1.165) is 58.9 Å². The largest absolute Gasteiger partial charge is 0.303 e. The number of carbonyl (C=O) groups is 1. The zero-order valence-electron chi connectivity index (χ0n) is 22.5. The third-order valence-electron chi connectivity index (χ3n) is 6.58. The molecule has 2 heterocycles. The molecule has 1 aliphatic heterocycles. The van der Waals surface area contributed by atoms with Crippen molar-refractivity contribution in [3.05, 3.63) is 52.4 Å². The van der Waals surface area contributed by atoms with Crippen LogP contribution in [0.1, 0.15) is 49.4 Å². The molecule has 10 heteroatoms. The highest BCUT2D eigenvalue weighted by atomic mass is 35.5. The molecule has 1 amide bonds. The quantitative estimate of drug-likeness (QED) is 0.419. The lowest BCUT2D eigenvalue weighted by atomic mass is 10.1. The number of benzene rings is 1. The van der Waals surface area contributed by atoms with Gasteiger partial charge in [0.15, 0.2) is 5.82 Å². The number of nitriles is 1. The zero-order chi connectivity index (χ0) is 26.8. The van der Waals surface area contributed by atoms with E-state index in [1.54, 1.807) is 0 Å². The molecule has 0 aliphatic carbocycles. The monoisotopic (exact) mass is 526 g/mol. The molecule has 1 saturated heterocycles. The van der Waals surface area contributed by atoms with E-state index in [9.17, 15) is 4.79 Å². The zero-order valence-corrected chi connectivity index (χ0v) is 23.2. The fraction of sp³-hybridized carbons (Fsp3) is 0.556. The topological polar surface area (TPSA) is 91.6 Å². The van der Waals surface area contributed by atoms with Crippen molar-refractivity contribution in [2.45, 2.75) is 34.2 Å². The Balaban J connectivity index is 1.57. The molecule has 9 nitrogen and oxygen atoms in total. The minimum Gasteiger partial charge on any atom is -0.303 e. The van der Waals surface area contributed by atoms with Gasteiger partial charge in [-0.3, -0.25) is 25.0 Å². The second-order valence-electron chi connectivity index (χ2n) is 9.76. The normalized spacial score (nSPS) is 14.6. The molecule has 0 spiro atoms. The molecule has 1 aromatic carbocycles. The van der Waals surface area contributed by atoms with E-state index in [1.165, 1.54) is 16.8 Å². The van der Waals surface area contributed by atoms with E-state index < -0.39 is 0 Å². The van der Waals surface area contributed by atoms with Crippen molar-refractivity contribution < 1.29 is 4.79 Å². The van der Waals surface area contributed by atoms with Gasteiger partial charge in [0.25, 0.3) is 5.91 Å². The molecule has 200 valence electrons. The maximum Gasteiger partial charge on any atom is 0.272 e. The molecule has 0 radical (unpaired) electrons. The summed E-state index contributed by atoms with van der Waals surface area (Å²) >= 11 is 6.21. The molecule has 0 unspecified atom stereocenters. The minimum absolute atomic E-state index is 0.0158. The van der Waals surface area contributed by atoms with Gasteiger partial charge in [-0.05, 0) is 36.7 Å². The van der Waals surface area contributed by atoms with Crippen LogP contribution in [0, 0.1) is 17.2 Å².